The first-order valence-corrected chi connectivity index (χ1v) is 9.45. The van der Waals surface area contributed by atoms with E-state index >= 15 is 0 Å². The van der Waals surface area contributed by atoms with Crippen molar-refractivity contribution < 1.29 is 17.5 Å². The van der Waals surface area contributed by atoms with Gasteiger partial charge in [-0.1, -0.05) is 18.2 Å². The number of rotatable bonds is 6. The van der Waals surface area contributed by atoms with Crippen LogP contribution in [0.15, 0.2) is 77.7 Å². The van der Waals surface area contributed by atoms with E-state index < -0.39 is 10.0 Å². The Morgan fingerprint density at radius 3 is 2.37 bits per heavy atom. The minimum absolute atomic E-state index is 0.0548. The van der Waals surface area contributed by atoms with Crippen molar-refractivity contribution in [1.82, 2.24) is 0 Å². The van der Waals surface area contributed by atoms with Crippen LogP contribution in [0, 0.1) is 17.1 Å². The van der Waals surface area contributed by atoms with Crippen LogP contribution in [0.4, 0.5) is 10.1 Å². The van der Waals surface area contributed by atoms with E-state index in [2.05, 4.69) is 4.72 Å². The predicted molar refractivity (Wildman–Crippen MR) is 99.1 cm³/mol. The van der Waals surface area contributed by atoms with Gasteiger partial charge in [0.05, 0.1) is 22.2 Å². The molecule has 0 aliphatic rings. The van der Waals surface area contributed by atoms with Gasteiger partial charge in [-0.25, -0.2) is 12.8 Å². The molecule has 0 spiro atoms. The summed E-state index contributed by atoms with van der Waals surface area (Å²) in [7, 11) is -3.78. The number of ether oxygens (including phenoxy) is 1. The molecular formula is C20H15FN2O3S. The number of sulfonamides is 1. The maximum atomic E-state index is 12.9. The number of nitriles is 1. The fourth-order valence-electron chi connectivity index (χ4n) is 2.32. The smallest absolute Gasteiger partial charge is 0.261 e. The van der Waals surface area contributed by atoms with Crippen molar-refractivity contribution in [3.8, 4) is 11.8 Å². The minimum atomic E-state index is -3.78. The molecule has 3 aromatic rings. The first-order valence-electron chi connectivity index (χ1n) is 7.96. The zero-order valence-corrected chi connectivity index (χ0v) is 14.9. The summed E-state index contributed by atoms with van der Waals surface area (Å²) < 4.78 is 45.9. The van der Waals surface area contributed by atoms with Gasteiger partial charge in [0, 0.05) is 6.07 Å². The molecule has 0 aliphatic carbocycles. The lowest BCUT2D eigenvalue weighted by atomic mass is 10.2. The first kappa shape index (κ1) is 18.4. The van der Waals surface area contributed by atoms with Crippen LogP contribution >= 0.6 is 0 Å². The van der Waals surface area contributed by atoms with E-state index in [0.717, 1.165) is 5.56 Å². The largest absolute Gasteiger partial charge is 0.489 e. The molecule has 0 bridgehead atoms. The van der Waals surface area contributed by atoms with Crippen molar-refractivity contribution in [3.63, 3.8) is 0 Å². The van der Waals surface area contributed by atoms with Gasteiger partial charge in [-0.3, -0.25) is 4.72 Å². The third kappa shape index (κ3) is 4.84. The highest BCUT2D eigenvalue weighted by atomic mass is 32.2. The minimum Gasteiger partial charge on any atom is -0.489 e. The van der Waals surface area contributed by atoms with Crippen LogP contribution in [-0.4, -0.2) is 8.42 Å². The van der Waals surface area contributed by atoms with Gasteiger partial charge in [-0.15, -0.1) is 0 Å². The maximum absolute atomic E-state index is 12.9. The highest BCUT2D eigenvalue weighted by molar-refractivity contribution is 7.92. The summed E-state index contributed by atoms with van der Waals surface area (Å²) in [6, 6.07) is 20.0. The lowest BCUT2D eigenvalue weighted by Gasteiger charge is -2.11. The monoisotopic (exact) mass is 382 g/mol. The quantitative estimate of drug-likeness (QED) is 0.697. The average Bonchev–Trinajstić information content (AvgIpc) is 2.67. The molecule has 0 aliphatic heterocycles. The van der Waals surface area contributed by atoms with E-state index in [1.54, 1.807) is 36.4 Å². The number of hydrogen-bond acceptors (Lipinski definition) is 4. The van der Waals surface area contributed by atoms with Gasteiger partial charge in [0.2, 0.25) is 0 Å². The van der Waals surface area contributed by atoms with E-state index in [9.17, 15) is 12.8 Å². The zero-order chi connectivity index (χ0) is 19.3. The fourth-order valence-corrected chi connectivity index (χ4v) is 3.37. The summed E-state index contributed by atoms with van der Waals surface area (Å²) in [6.07, 6.45) is 0. The molecule has 0 aromatic heterocycles. The molecule has 3 rings (SSSR count). The highest BCUT2D eigenvalue weighted by Gasteiger charge is 2.14. The second kappa shape index (κ2) is 7.89. The molecule has 0 amide bonds. The summed E-state index contributed by atoms with van der Waals surface area (Å²) in [6.45, 7) is 0.228. The number of nitrogens with one attached hydrogen (secondary N) is 1. The van der Waals surface area contributed by atoms with Gasteiger partial charge >= 0.3 is 0 Å². The third-order valence-electron chi connectivity index (χ3n) is 3.70. The molecule has 0 fully saturated rings. The highest BCUT2D eigenvalue weighted by Crippen LogP contribution is 2.22. The Morgan fingerprint density at radius 2 is 1.70 bits per heavy atom. The van der Waals surface area contributed by atoms with Gasteiger partial charge in [0.25, 0.3) is 10.0 Å². The van der Waals surface area contributed by atoms with Gasteiger partial charge in [-0.2, -0.15) is 5.26 Å². The molecule has 0 heterocycles. The number of halogens is 1. The summed E-state index contributed by atoms with van der Waals surface area (Å²) >= 11 is 0. The topological polar surface area (TPSA) is 79.2 Å². The predicted octanol–water partition coefficient (Wildman–Crippen LogP) is 4.08. The lowest BCUT2D eigenvalue weighted by Crippen LogP contribution is -2.13. The van der Waals surface area contributed by atoms with Crippen molar-refractivity contribution in [2.45, 2.75) is 11.5 Å². The Kier molecular flexibility index (Phi) is 5.38. The molecule has 5 nitrogen and oxygen atoms in total. The molecular weight excluding hydrogens is 367 g/mol. The Hall–Kier alpha value is -3.37. The average molecular weight is 382 g/mol. The summed E-state index contributed by atoms with van der Waals surface area (Å²) in [5.74, 6) is 0.150. The van der Waals surface area contributed by atoms with Crippen LogP contribution in [0.1, 0.15) is 11.1 Å². The Balaban J connectivity index is 1.70. The molecule has 7 heteroatoms. The van der Waals surface area contributed by atoms with Crippen molar-refractivity contribution in [2.24, 2.45) is 0 Å². The van der Waals surface area contributed by atoms with E-state index in [0.29, 0.717) is 17.0 Å². The van der Waals surface area contributed by atoms with Crippen LogP contribution < -0.4 is 9.46 Å². The first-order chi connectivity index (χ1) is 13.0. The van der Waals surface area contributed by atoms with E-state index in [4.69, 9.17) is 10.00 Å². The summed E-state index contributed by atoms with van der Waals surface area (Å²) in [5.41, 5.74) is 1.51. The molecule has 0 radical (unpaired) electrons. The van der Waals surface area contributed by atoms with Crippen LogP contribution in [0.25, 0.3) is 0 Å². The van der Waals surface area contributed by atoms with Crippen molar-refractivity contribution in [2.75, 3.05) is 4.72 Å². The van der Waals surface area contributed by atoms with Crippen molar-refractivity contribution in [1.29, 1.82) is 5.26 Å². The number of hydrogen-bond donors (Lipinski definition) is 1. The van der Waals surface area contributed by atoms with Crippen molar-refractivity contribution in [3.05, 3.63) is 89.7 Å². The molecule has 27 heavy (non-hydrogen) atoms. The Morgan fingerprint density at radius 1 is 1.00 bits per heavy atom. The number of nitrogens with zero attached hydrogens (tertiary/aromatic N) is 1. The zero-order valence-electron chi connectivity index (χ0n) is 14.1. The number of benzene rings is 3. The van der Waals surface area contributed by atoms with Gasteiger partial charge in [-0.05, 0) is 54.1 Å². The van der Waals surface area contributed by atoms with Crippen LogP contribution in [-0.2, 0) is 16.6 Å². The Bertz CT molecular complexity index is 1070. The second-order valence-corrected chi connectivity index (χ2v) is 7.37. The normalized spacial score (nSPS) is 10.8. The van der Waals surface area contributed by atoms with Gasteiger partial charge in [0.15, 0.2) is 0 Å². The second-order valence-electron chi connectivity index (χ2n) is 5.68. The maximum Gasteiger partial charge on any atom is 0.261 e. The lowest BCUT2D eigenvalue weighted by molar-refractivity contribution is 0.306. The van der Waals surface area contributed by atoms with Crippen LogP contribution in [0.3, 0.4) is 0 Å². The summed E-state index contributed by atoms with van der Waals surface area (Å²) in [5, 5.41) is 8.80. The Labute approximate surface area is 156 Å². The van der Waals surface area contributed by atoms with Crippen molar-refractivity contribution >= 4 is 15.7 Å². The van der Waals surface area contributed by atoms with E-state index in [1.165, 1.54) is 36.4 Å². The molecule has 3 aromatic carbocycles. The molecule has 0 saturated heterocycles. The SMILES string of the molecule is N#Cc1ccc(S(=O)(=O)Nc2cccc(OCc3ccc(F)cc3)c2)cc1. The molecule has 0 unspecified atom stereocenters. The third-order valence-corrected chi connectivity index (χ3v) is 5.10. The van der Waals surface area contributed by atoms with Crippen LogP contribution in [0.5, 0.6) is 5.75 Å². The van der Waals surface area contributed by atoms with E-state index in [-0.39, 0.29) is 17.3 Å². The van der Waals surface area contributed by atoms with E-state index in [1.807, 2.05) is 6.07 Å². The molecule has 136 valence electrons. The molecule has 1 N–H and O–H groups in total. The van der Waals surface area contributed by atoms with Gasteiger partial charge < -0.3 is 4.74 Å². The van der Waals surface area contributed by atoms with Crippen LogP contribution in [0.2, 0.25) is 0 Å². The fraction of sp³-hybridized carbons (Fsp3) is 0.0500. The van der Waals surface area contributed by atoms with Gasteiger partial charge in [0.1, 0.15) is 18.2 Å². The molecule has 0 atom stereocenters. The standard InChI is InChI=1S/C20H15FN2O3S/c21-17-8-4-16(5-9-17)14-26-19-3-1-2-18(12-19)23-27(24,25)20-10-6-15(13-22)7-11-20/h1-12,23H,14H2. The number of anilines is 1. The molecule has 0 saturated carbocycles. The summed E-state index contributed by atoms with van der Waals surface area (Å²) in [4.78, 5) is 0.0548.